The molecule has 1 aromatic carbocycles. The van der Waals surface area contributed by atoms with Crippen molar-refractivity contribution in [1.29, 1.82) is 0 Å². The van der Waals surface area contributed by atoms with Crippen molar-refractivity contribution in [3.63, 3.8) is 0 Å². The zero-order chi connectivity index (χ0) is 22.5. The number of hydrogen-bond donors (Lipinski definition) is 1. The second kappa shape index (κ2) is 10.2. The summed E-state index contributed by atoms with van der Waals surface area (Å²) in [7, 11) is 0. The molecule has 1 fully saturated rings. The molecule has 0 radical (unpaired) electrons. The SMILES string of the molecule is Cc1cc(C(=O)CCC(=O)N2CCN(CC(=O)Nc3c(C)cccc3C)CC2)c(C)s1. The molecule has 2 aromatic rings. The number of nitrogens with zero attached hydrogens (tertiary/aromatic N) is 2. The molecule has 1 saturated heterocycles. The van der Waals surface area contributed by atoms with E-state index in [1.54, 1.807) is 16.2 Å². The van der Waals surface area contributed by atoms with Gasteiger partial charge in [-0.05, 0) is 44.9 Å². The Labute approximate surface area is 188 Å². The minimum atomic E-state index is -0.0378. The first-order valence-corrected chi connectivity index (χ1v) is 11.5. The molecule has 1 aliphatic heterocycles. The number of benzene rings is 1. The van der Waals surface area contributed by atoms with Crippen LogP contribution in [0, 0.1) is 27.7 Å². The Bertz CT molecular complexity index is 954. The number of rotatable bonds is 7. The predicted molar refractivity (Wildman–Crippen MR) is 125 cm³/mol. The molecule has 0 atom stereocenters. The zero-order valence-electron chi connectivity index (χ0n) is 18.8. The summed E-state index contributed by atoms with van der Waals surface area (Å²) in [6.45, 7) is 10.7. The number of anilines is 1. The summed E-state index contributed by atoms with van der Waals surface area (Å²) in [5.74, 6) is 0.0128. The Morgan fingerprint density at radius 2 is 1.61 bits per heavy atom. The van der Waals surface area contributed by atoms with Crippen molar-refractivity contribution in [2.75, 3.05) is 38.0 Å². The maximum absolute atomic E-state index is 12.5. The number of amides is 2. The lowest BCUT2D eigenvalue weighted by Crippen LogP contribution is -2.50. The predicted octanol–water partition coefficient (Wildman–Crippen LogP) is 3.73. The number of Topliss-reactive ketones (excluding diaryl/α,β-unsaturated/α-hetero) is 1. The van der Waals surface area contributed by atoms with E-state index in [0.29, 0.717) is 32.7 Å². The molecule has 31 heavy (non-hydrogen) atoms. The highest BCUT2D eigenvalue weighted by Crippen LogP contribution is 2.22. The number of carbonyl (C=O) groups is 3. The molecule has 0 spiro atoms. The standard InChI is InChI=1S/C24H31N3O3S/c1-16-6-5-7-17(2)24(16)25-22(29)15-26-10-12-27(13-11-26)23(30)9-8-21(28)20-14-18(3)31-19(20)4/h5-7,14H,8-13,15H2,1-4H3,(H,25,29). The summed E-state index contributed by atoms with van der Waals surface area (Å²) in [6, 6.07) is 7.86. The topological polar surface area (TPSA) is 69.7 Å². The van der Waals surface area contributed by atoms with Gasteiger partial charge < -0.3 is 10.2 Å². The van der Waals surface area contributed by atoms with Crippen LogP contribution < -0.4 is 5.32 Å². The third-order valence-electron chi connectivity index (χ3n) is 5.75. The highest BCUT2D eigenvalue weighted by atomic mass is 32.1. The van der Waals surface area contributed by atoms with Crippen LogP contribution in [0.25, 0.3) is 0 Å². The zero-order valence-corrected chi connectivity index (χ0v) is 19.6. The number of hydrogen-bond acceptors (Lipinski definition) is 5. The molecule has 0 bridgehead atoms. The van der Waals surface area contributed by atoms with Crippen molar-refractivity contribution in [2.24, 2.45) is 0 Å². The summed E-state index contributed by atoms with van der Waals surface area (Å²) in [4.78, 5) is 43.4. The van der Waals surface area contributed by atoms with E-state index in [4.69, 9.17) is 0 Å². The lowest BCUT2D eigenvalue weighted by Gasteiger charge is -2.34. The number of aryl methyl sites for hydroxylation is 4. The van der Waals surface area contributed by atoms with E-state index in [-0.39, 0.29) is 30.4 Å². The van der Waals surface area contributed by atoms with Gasteiger partial charge in [0.1, 0.15) is 0 Å². The number of nitrogens with one attached hydrogen (secondary N) is 1. The normalized spacial score (nSPS) is 14.5. The second-order valence-corrected chi connectivity index (χ2v) is 9.68. The number of para-hydroxylation sites is 1. The van der Waals surface area contributed by atoms with Gasteiger partial charge in [-0.2, -0.15) is 0 Å². The molecule has 2 heterocycles. The van der Waals surface area contributed by atoms with Crippen LogP contribution in [0.4, 0.5) is 5.69 Å². The van der Waals surface area contributed by atoms with Gasteiger partial charge in [0.2, 0.25) is 11.8 Å². The van der Waals surface area contributed by atoms with E-state index in [0.717, 1.165) is 32.1 Å². The van der Waals surface area contributed by atoms with Gasteiger partial charge in [-0.15, -0.1) is 11.3 Å². The second-order valence-electron chi connectivity index (χ2n) is 8.22. The van der Waals surface area contributed by atoms with E-state index >= 15 is 0 Å². The molecule has 166 valence electrons. The summed E-state index contributed by atoms with van der Waals surface area (Å²) in [5, 5.41) is 3.02. The fourth-order valence-electron chi connectivity index (χ4n) is 3.97. The molecule has 1 aromatic heterocycles. The smallest absolute Gasteiger partial charge is 0.238 e. The molecule has 0 aliphatic carbocycles. The van der Waals surface area contributed by atoms with Gasteiger partial charge in [-0.25, -0.2) is 0 Å². The van der Waals surface area contributed by atoms with Gasteiger partial charge in [0.15, 0.2) is 5.78 Å². The van der Waals surface area contributed by atoms with Crippen LogP contribution in [0.5, 0.6) is 0 Å². The molecular weight excluding hydrogens is 410 g/mol. The average molecular weight is 442 g/mol. The molecule has 2 amide bonds. The van der Waals surface area contributed by atoms with Gasteiger partial charge in [-0.1, -0.05) is 18.2 Å². The van der Waals surface area contributed by atoms with E-state index < -0.39 is 0 Å². The Morgan fingerprint density at radius 1 is 0.968 bits per heavy atom. The van der Waals surface area contributed by atoms with Crippen LogP contribution in [0.2, 0.25) is 0 Å². The first-order valence-electron chi connectivity index (χ1n) is 10.7. The Morgan fingerprint density at radius 3 is 2.19 bits per heavy atom. The van der Waals surface area contributed by atoms with Crippen molar-refractivity contribution in [3.8, 4) is 0 Å². The van der Waals surface area contributed by atoms with Gasteiger partial charge in [-0.3, -0.25) is 19.3 Å². The lowest BCUT2D eigenvalue weighted by molar-refractivity contribution is -0.133. The fourth-order valence-corrected chi connectivity index (χ4v) is 4.91. The highest BCUT2D eigenvalue weighted by Gasteiger charge is 2.23. The van der Waals surface area contributed by atoms with Crippen LogP contribution in [0.1, 0.15) is 44.1 Å². The van der Waals surface area contributed by atoms with Crippen LogP contribution in [0.3, 0.4) is 0 Å². The van der Waals surface area contributed by atoms with Crippen molar-refractivity contribution in [3.05, 3.63) is 50.7 Å². The minimum absolute atomic E-state index is 0.0117. The Balaban J connectivity index is 1.42. The van der Waals surface area contributed by atoms with Crippen LogP contribution in [-0.4, -0.2) is 60.1 Å². The van der Waals surface area contributed by atoms with E-state index in [2.05, 4.69) is 10.2 Å². The first-order chi connectivity index (χ1) is 14.7. The quantitative estimate of drug-likeness (QED) is 0.665. The largest absolute Gasteiger partial charge is 0.340 e. The lowest BCUT2D eigenvalue weighted by atomic mass is 10.1. The molecule has 1 N–H and O–H groups in total. The Hall–Kier alpha value is -2.51. The van der Waals surface area contributed by atoms with Gasteiger partial charge in [0.25, 0.3) is 0 Å². The number of ketones is 1. The van der Waals surface area contributed by atoms with Crippen molar-refractivity contribution in [1.82, 2.24) is 9.80 Å². The average Bonchev–Trinajstić information content (AvgIpc) is 3.07. The molecule has 0 unspecified atom stereocenters. The maximum atomic E-state index is 12.5. The van der Waals surface area contributed by atoms with Crippen molar-refractivity contribution in [2.45, 2.75) is 40.5 Å². The van der Waals surface area contributed by atoms with Crippen LogP contribution in [-0.2, 0) is 9.59 Å². The Kier molecular flexibility index (Phi) is 7.62. The summed E-state index contributed by atoms with van der Waals surface area (Å²) < 4.78 is 0. The molecule has 0 saturated carbocycles. The van der Waals surface area contributed by atoms with E-state index in [1.165, 1.54) is 0 Å². The summed E-state index contributed by atoms with van der Waals surface area (Å²) in [5.41, 5.74) is 3.72. The summed E-state index contributed by atoms with van der Waals surface area (Å²) >= 11 is 1.61. The van der Waals surface area contributed by atoms with Gasteiger partial charge >= 0.3 is 0 Å². The molecule has 7 heteroatoms. The monoisotopic (exact) mass is 441 g/mol. The fraction of sp³-hybridized carbons (Fsp3) is 0.458. The van der Waals surface area contributed by atoms with Gasteiger partial charge in [0, 0.05) is 60.0 Å². The van der Waals surface area contributed by atoms with Gasteiger partial charge in [0.05, 0.1) is 6.54 Å². The molecule has 3 rings (SSSR count). The van der Waals surface area contributed by atoms with Crippen LogP contribution >= 0.6 is 11.3 Å². The van der Waals surface area contributed by atoms with Crippen LogP contribution in [0.15, 0.2) is 24.3 Å². The molecular formula is C24H31N3O3S. The van der Waals surface area contributed by atoms with E-state index in [9.17, 15) is 14.4 Å². The minimum Gasteiger partial charge on any atom is -0.340 e. The van der Waals surface area contributed by atoms with Crippen molar-refractivity contribution >= 4 is 34.6 Å². The number of piperazine rings is 1. The first kappa shape index (κ1) is 23.2. The molecule has 1 aliphatic rings. The van der Waals surface area contributed by atoms with Crippen molar-refractivity contribution < 1.29 is 14.4 Å². The third kappa shape index (κ3) is 6.02. The van der Waals surface area contributed by atoms with E-state index in [1.807, 2.05) is 52.0 Å². The highest BCUT2D eigenvalue weighted by molar-refractivity contribution is 7.12. The maximum Gasteiger partial charge on any atom is 0.238 e. The number of carbonyl (C=O) groups excluding carboxylic acids is 3. The summed E-state index contributed by atoms with van der Waals surface area (Å²) in [6.07, 6.45) is 0.481. The number of thiophene rings is 1. The third-order valence-corrected chi connectivity index (χ3v) is 6.71. The molecule has 6 nitrogen and oxygen atoms in total.